The minimum absolute atomic E-state index is 0.0161. The number of aliphatic hydroxyl groups excluding tert-OH is 1. The molecule has 0 saturated carbocycles. The molecule has 0 aliphatic carbocycles. The molecule has 1 aliphatic heterocycles. The van der Waals surface area contributed by atoms with Gasteiger partial charge in [0.25, 0.3) is 11.7 Å². The van der Waals surface area contributed by atoms with Crippen LogP contribution in [0.4, 0.5) is 5.69 Å². The van der Waals surface area contributed by atoms with E-state index in [1.807, 2.05) is 81.4 Å². The first-order chi connectivity index (χ1) is 18.8. The van der Waals surface area contributed by atoms with Crippen LogP contribution in [-0.4, -0.2) is 29.4 Å². The highest BCUT2D eigenvalue weighted by molar-refractivity contribution is 6.51. The van der Waals surface area contributed by atoms with Gasteiger partial charge < -0.3 is 9.84 Å². The Balaban J connectivity index is 1.64. The number of ketones is 1. The van der Waals surface area contributed by atoms with Crippen LogP contribution in [0.25, 0.3) is 16.5 Å². The largest absolute Gasteiger partial charge is 0.507 e. The summed E-state index contributed by atoms with van der Waals surface area (Å²) in [6, 6.07) is 26.1. The number of rotatable bonds is 6. The zero-order valence-electron chi connectivity index (χ0n) is 22.0. The number of carbonyl (C=O) groups is 3. The maximum atomic E-state index is 13.5. The van der Waals surface area contributed by atoms with Crippen LogP contribution >= 0.6 is 0 Å². The van der Waals surface area contributed by atoms with Gasteiger partial charge in [-0.3, -0.25) is 14.5 Å². The summed E-state index contributed by atoms with van der Waals surface area (Å²) in [6.07, 6.45) is 0. The fourth-order valence-electron chi connectivity index (χ4n) is 4.92. The van der Waals surface area contributed by atoms with Gasteiger partial charge in [-0.1, -0.05) is 86.1 Å². The Morgan fingerprint density at radius 3 is 2.33 bits per heavy atom. The van der Waals surface area contributed by atoms with Crippen molar-refractivity contribution in [3.63, 3.8) is 0 Å². The van der Waals surface area contributed by atoms with E-state index in [0.29, 0.717) is 29.0 Å². The summed E-state index contributed by atoms with van der Waals surface area (Å²) in [5.74, 6) is -2.00. The molecule has 1 unspecified atom stereocenters. The van der Waals surface area contributed by atoms with Crippen molar-refractivity contribution in [3.8, 4) is 0 Å². The summed E-state index contributed by atoms with van der Waals surface area (Å²) < 4.78 is 5.32. The molecule has 1 N–H and O–H groups in total. The van der Waals surface area contributed by atoms with Gasteiger partial charge in [0, 0.05) is 11.3 Å². The number of benzene rings is 4. The van der Waals surface area contributed by atoms with E-state index < -0.39 is 23.7 Å². The lowest BCUT2D eigenvalue weighted by atomic mass is 9.92. The number of hydrogen-bond acceptors (Lipinski definition) is 5. The van der Waals surface area contributed by atoms with Gasteiger partial charge in [0.2, 0.25) is 0 Å². The van der Waals surface area contributed by atoms with Gasteiger partial charge in [-0.05, 0) is 53.4 Å². The number of hydrogen-bond donors (Lipinski definition) is 1. The number of carbonyl (C=O) groups excluding carboxylic acids is 3. The first kappa shape index (κ1) is 25.9. The maximum absolute atomic E-state index is 13.5. The monoisotopic (exact) mass is 519 g/mol. The molecule has 4 aromatic rings. The number of fused-ring (bicyclic) bond motifs is 1. The number of amides is 1. The molecule has 0 aromatic heterocycles. The lowest BCUT2D eigenvalue weighted by Crippen LogP contribution is -2.29. The predicted molar refractivity (Wildman–Crippen MR) is 151 cm³/mol. The molecule has 1 aliphatic rings. The molecule has 196 valence electrons. The second-order valence-electron chi connectivity index (χ2n) is 10.1. The van der Waals surface area contributed by atoms with Gasteiger partial charge in [-0.15, -0.1) is 0 Å². The molecule has 1 amide bonds. The number of aryl methyl sites for hydroxylation is 1. The van der Waals surface area contributed by atoms with Gasteiger partial charge >= 0.3 is 5.97 Å². The van der Waals surface area contributed by atoms with Gasteiger partial charge in [0.15, 0.2) is 0 Å². The fraction of sp³-hybridized carbons (Fsp3) is 0.182. The van der Waals surface area contributed by atoms with E-state index in [0.717, 1.165) is 16.3 Å². The Hall–Kier alpha value is -4.71. The van der Waals surface area contributed by atoms with E-state index in [4.69, 9.17) is 4.74 Å². The molecule has 1 atom stereocenters. The van der Waals surface area contributed by atoms with Gasteiger partial charge in [-0.25, -0.2) is 4.79 Å². The first-order valence-corrected chi connectivity index (χ1v) is 12.9. The molecule has 5 rings (SSSR count). The van der Waals surface area contributed by atoms with E-state index in [2.05, 4.69) is 0 Å². The smallest absolute Gasteiger partial charge is 0.338 e. The first-order valence-electron chi connectivity index (χ1n) is 12.9. The average molecular weight is 520 g/mol. The van der Waals surface area contributed by atoms with Crippen molar-refractivity contribution >= 4 is 39.9 Å². The Bertz CT molecular complexity index is 1610. The topological polar surface area (TPSA) is 83.9 Å². The zero-order chi connectivity index (χ0) is 27.7. The standard InChI is InChI=1S/C33H29NO5/c1-20(2)19-39-33(38)23-14-16-25(17-15-23)34-29(24-11-6-8-21(3)18-24)28(31(36)32(34)37)30(35)27-13-7-10-22-9-4-5-12-26(22)27/h4-18,20,29,35H,19H2,1-3H3/b30-28-. The van der Waals surface area contributed by atoms with Crippen molar-refractivity contribution in [2.45, 2.75) is 26.8 Å². The Morgan fingerprint density at radius 1 is 0.923 bits per heavy atom. The second-order valence-corrected chi connectivity index (χ2v) is 10.1. The van der Waals surface area contributed by atoms with Gasteiger partial charge in [0.1, 0.15) is 5.76 Å². The molecule has 1 heterocycles. The lowest BCUT2D eigenvalue weighted by Gasteiger charge is -2.26. The van der Waals surface area contributed by atoms with Crippen molar-refractivity contribution in [3.05, 3.63) is 119 Å². The van der Waals surface area contributed by atoms with Crippen LogP contribution in [0.1, 0.15) is 46.9 Å². The van der Waals surface area contributed by atoms with Crippen LogP contribution < -0.4 is 4.90 Å². The van der Waals surface area contributed by atoms with Crippen molar-refractivity contribution in [1.29, 1.82) is 0 Å². The summed E-state index contributed by atoms with van der Waals surface area (Å²) in [7, 11) is 0. The van der Waals surface area contributed by atoms with Crippen LogP contribution in [0.5, 0.6) is 0 Å². The minimum atomic E-state index is -0.859. The highest BCUT2D eigenvalue weighted by Crippen LogP contribution is 2.43. The Morgan fingerprint density at radius 2 is 1.62 bits per heavy atom. The van der Waals surface area contributed by atoms with E-state index in [-0.39, 0.29) is 17.3 Å². The zero-order valence-corrected chi connectivity index (χ0v) is 22.0. The molecule has 0 spiro atoms. The average Bonchev–Trinajstić information content (AvgIpc) is 3.21. The quantitative estimate of drug-likeness (QED) is 0.135. The summed E-state index contributed by atoms with van der Waals surface area (Å²) in [4.78, 5) is 40.9. The molecular weight excluding hydrogens is 490 g/mol. The molecule has 39 heavy (non-hydrogen) atoms. The Kier molecular flexibility index (Phi) is 7.03. The number of anilines is 1. The third-order valence-corrected chi connectivity index (χ3v) is 6.78. The molecule has 0 radical (unpaired) electrons. The number of Topliss-reactive ketones (excluding diaryl/α,β-unsaturated/α-hetero) is 1. The molecule has 4 aromatic carbocycles. The van der Waals surface area contributed by atoms with Gasteiger partial charge in [0.05, 0.1) is 23.8 Å². The van der Waals surface area contributed by atoms with Crippen molar-refractivity contribution in [2.75, 3.05) is 11.5 Å². The van der Waals surface area contributed by atoms with Crippen LogP contribution in [0, 0.1) is 12.8 Å². The van der Waals surface area contributed by atoms with Crippen molar-refractivity contribution in [1.82, 2.24) is 0 Å². The third kappa shape index (κ3) is 4.93. The highest BCUT2D eigenvalue weighted by Gasteiger charge is 2.47. The highest BCUT2D eigenvalue weighted by atomic mass is 16.5. The fourth-order valence-corrected chi connectivity index (χ4v) is 4.92. The van der Waals surface area contributed by atoms with E-state index in [9.17, 15) is 19.5 Å². The van der Waals surface area contributed by atoms with Crippen molar-refractivity contribution in [2.24, 2.45) is 5.92 Å². The molecule has 1 saturated heterocycles. The molecular formula is C33H29NO5. The number of ether oxygens (including phenoxy) is 1. The molecule has 6 heteroatoms. The Labute approximate surface area is 227 Å². The van der Waals surface area contributed by atoms with E-state index in [1.165, 1.54) is 4.90 Å². The number of nitrogens with zero attached hydrogens (tertiary/aromatic N) is 1. The van der Waals surface area contributed by atoms with Crippen LogP contribution in [0.2, 0.25) is 0 Å². The number of esters is 1. The summed E-state index contributed by atoms with van der Waals surface area (Å²) >= 11 is 0. The molecule has 6 nitrogen and oxygen atoms in total. The van der Waals surface area contributed by atoms with Crippen LogP contribution in [-0.2, 0) is 14.3 Å². The van der Waals surface area contributed by atoms with Gasteiger partial charge in [-0.2, -0.15) is 0 Å². The third-order valence-electron chi connectivity index (χ3n) is 6.78. The summed E-state index contributed by atoms with van der Waals surface area (Å²) in [5.41, 5.74) is 2.91. The normalized spacial score (nSPS) is 16.7. The van der Waals surface area contributed by atoms with Crippen LogP contribution in [0.15, 0.2) is 96.6 Å². The number of aliphatic hydroxyl groups is 1. The SMILES string of the molecule is Cc1cccc(C2/C(=C(/O)c3cccc4ccccc34)C(=O)C(=O)N2c2ccc(C(=O)OCC(C)C)cc2)c1. The molecule has 1 fully saturated rings. The second kappa shape index (κ2) is 10.6. The summed E-state index contributed by atoms with van der Waals surface area (Å²) in [5, 5.41) is 13.3. The van der Waals surface area contributed by atoms with Crippen LogP contribution in [0.3, 0.4) is 0 Å². The maximum Gasteiger partial charge on any atom is 0.338 e. The van der Waals surface area contributed by atoms with Crippen molar-refractivity contribution < 1.29 is 24.2 Å². The summed E-state index contributed by atoms with van der Waals surface area (Å²) in [6.45, 7) is 6.14. The molecule has 0 bridgehead atoms. The predicted octanol–water partition coefficient (Wildman–Crippen LogP) is 6.59. The van der Waals surface area contributed by atoms with E-state index in [1.54, 1.807) is 30.3 Å². The van der Waals surface area contributed by atoms with E-state index >= 15 is 0 Å². The lowest BCUT2D eigenvalue weighted by molar-refractivity contribution is -0.132. The minimum Gasteiger partial charge on any atom is -0.507 e.